The number of hydrogen-bond donors (Lipinski definition) is 1. The van der Waals surface area contributed by atoms with Crippen molar-refractivity contribution >= 4 is 50.6 Å². The highest BCUT2D eigenvalue weighted by Gasteiger charge is 2.16. The first-order chi connectivity index (χ1) is 16.8. The maximum Gasteiger partial charge on any atom is 0.287 e. The van der Waals surface area contributed by atoms with Crippen molar-refractivity contribution in [2.75, 3.05) is 5.32 Å². The number of fused-ring (bicyclic) bond motifs is 2. The van der Waals surface area contributed by atoms with E-state index in [-0.39, 0.29) is 11.5 Å². The third-order valence-corrected chi connectivity index (χ3v) is 7.40. The number of thiazole rings is 1. The second-order valence-corrected chi connectivity index (χ2v) is 10.4. The van der Waals surface area contributed by atoms with E-state index in [0.717, 1.165) is 20.1 Å². The molecular formula is C25H22N4O4S2. The van der Waals surface area contributed by atoms with Gasteiger partial charge in [-0.2, -0.15) is 0 Å². The summed E-state index contributed by atoms with van der Waals surface area (Å²) in [6.45, 7) is 5.49. The van der Waals surface area contributed by atoms with E-state index in [2.05, 4.69) is 15.3 Å². The molecule has 0 spiro atoms. The average Bonchev–Trinajstić information content (AvgIpc) is 3.41. The summed E-state index contributed by atoms with van der Waals surface area (Å²) in [5.74, 6) is 1.56. The van der Waals surface area contributed by atoms with Gasteiger partial charge in [0.15, 0.2) is 16.1 Å². The van der Waals surface area contributed by atoms with Crippen molar-refractivity contribution in [2.45, 2.75) is 37.0 Å². The molecule has 5 rings (SSSR count). The maximum atomic E-state index is 12.6. The normalized spacial score (nSPS) is 12.2. The van der Waals surface area contributed by atoms with E-state index in [0.29, 0.717) is 34.3 Å². The molecule has 0 aliphatic carbocycles. The standard InChI is InChI=1S/C25H22N4O4S2/c1-14-4-7-19(8-5-14)32-16(3)24(31)27-17-6-9-20-21(11-17)35-25(28-20)34-13-18-12-23(30)29-22(26-18)10-15(2)33-29/h4-12,16H,13H2,1-3H3,(H,27,31). The van der Waals surface area contributed by atoms with Gasteiger partial charge >= 0.3 is 0 Å². The minimum absolute atomic E-state index is 0.230. The van der Waals surface area contributed by atoms with Crippen molar-refractivity contribution in [3.8, 4) is 5.75 Å². The number of thioether (sulfide) groups is 1. The third-order valence-electron chi connectivity index (χ3n) is 5.21. The van der Waals surface area contributed by atoms with E-state index < -0.39 is 6.10 Å². The highest BCUT2D eigenvalue weighted by atomic mass is 32.2. The van der Waals surface area contributed by atoms with Gasteiger partial charge in [-0.25, -0.2) is 9.97 Å². The third kappa shape index (κ3) is 5.23. The summed E-state index contributed by atoms with van der Waals surface area (Å²) in [7, 11) is 0. The minimum Gasteiger partial charge on any atom is -0.481 e. The molecule has 3 heterocycles. The molecule has 2 aromatic carbocycles. The van der Waals surface area contributed by atoms with Crippen LogP contribution in [0.2, 0.25) is 0 Å². The van der Waals surface area contributed by atoms with Gasteiger partial charge in [-0.3, -0.25) is 9.59 Å². The summed E-state index contributed by atoms with van der Waals surface area (Å²) in [5, 5.41) is 2.91. The summed E-state index contributed by atoms with van der Waals surface area (Å²) in [5.41, 5.74) is 3.56. The van der Waals surface area contributed by atoms with Crippen molar-refractivity contribution in [3.05, 3.63) is 82.0 Å². The minimum atomic E-state index is -0.645. The number of ether oxygens (including phenoxy) is 1. The zero-order valence-corrected chi connectivity index (χ0v) is 20.9. The van der Waals surface area contributed by atoms with Crippen LogP contribution >= 0.6 is 23.1 Å². The van der Waals surface area contributed by atoms with Gasteiger partial charge in [0, 0.05) is 23.6 Å². The molecule has 0 saturated carbocycles. The summed E-state index contributed by atoms with van der Waals surface area (Å²) in [6, 6.07) is 16.4. The first-order valence-electron chi connectivity index (χ1n) is 10.9. The molecule has 1 unspecified atom stereocenters. The molecule has 35 heavy (non-hydrogen) atoms. The van der Waals surface area contributed by atoms with E-state index in [1.54, 1.807) is 19.9 Å². The zero-order chi connectivity index (χ0) is 24.5. The fourth-order valence-electron chi connectivity index (χ4n) is 3.44. The van der Waals surface area contributed by atoms with Crippen LogP contribution in [-0.2, 0) is 10.5 Å². The van der Waals surface area contributed by atoms with Crippen LogP contribution < -0.4 is 15.6 Å². The number of nitrogens with zero attached hydrogens (tertiary/aromatic N) is 3. The number of carbonyl (C=O) groups is 1. The van der Waals surface area contributed by atoms with Gasteiger partial charge in [0.2, 0.25) is 0 Å². The summed E-state index contributed by atoms with van der Waals surface area (Å²) >= 11 is 3.03. The van der Waals surface area contributed by atoms with Crippen molar-refractivity contribution in [2.24, 2.45) is 0 Å². The smallest absolute Gasteiger partial charge is 0.287 e. The molecule has 1 atom stereocenters. The van der Waals surface area contributed by atoms with Gasteiger partial charge in [-0.1, -0.05) is 29.5 Å². The number of rotatable bonds is 7. The van der Waals surface area contributed by atoms with Crippen molar-refractivity contribution < 1.29 is 14.1 Å². The molecule has 10 heteroatoms. The number of nitrogens with one attached hydrogen (secondary N) is 1. The Morgan fingerprint density at radius 2 is 1.94 bits per heavy atom. The van der Waals surface area contributed by atoms with Crippen LogP contribution in [0.5, 0.6) is 5.75 Å². The van der Waals surface area contributed by atoms with E-state index in [1.807, 2.05) is 49.4 Å². The van der Waals surface area contributed by atoms with Gasteiger partial charge in [0.05, 0.1) is 15.9 Å². The van der Waals surface area contributed by atoms with Gasteiger partial charge in [-0.15, -0.1) is 15.9 Å². The molecule has 0 aliphatic rings. The van der Waals surface area contributed by atoms with Crippen LogP contribution in [0.15, 0.2) is 68.3 Å². The van der Waals surface area contributed by atoms with Crippen LogP contribution in [0, 0.1) is 13.8 Å². The lowest BCUT2D eigenvalue weighted by molar-refractivity contribution is -0.122. The molecule has 5 aromatic rings. The lowest BCUT2D eigenvalue weighted by atomic mass is 10.2. The molecule has 0 bridgehead atoms. The molecule has 0 saturated heterocycles. The van der Waals surface area contributed by atoms with Gasteiger partial charge in [0.25, 0.3) is 11.5 Å². The van der Waals surface area contributed by atoms with Crippen LogP contribution in [0.3, 0.4) is 0 Å². The number of aryl methyl sites for hydroxylation is 2. The fourth-order valence-corrected chi connectivity index (χ4v) is 5.44. The molecule has 1 amide bonds. The molecule has 0 radical (unpaired) electrons. The second-order valence-electron chi connectivity index (χ2n) is 8.10. The Labute approximate surface area is 208 Å². The van der Waals surface area contributed by atoms with Crippen molar-refractivity contribution in [1.29, 1.82) is 0 Å². The second kappa shape index (κ2) is 9.55. The lowest BCUT2D eigenvalue weighted by Gasteiger charge is -2.15. The Hall–Kier alpha value is -3.63. The monoisotopic (exact) mass is 506 g/mol. The first-order valence-corrected chi connectivity index (χ1v) is 12.7. The fraction of sp³-hybridized carbons (Fsp3) is 0.200. The Bertz CT molecular complexity index is 1590. The number of carbonyl (C=O) groups excluding carboxylic acids is 1. The quantitative estimate of drug-likeness (QED) is 0.303. The van der Waals surface area contributed by atoms with Crippen molar-refractivity contribution in [3.63, 3.8) is 0 Å². The molecule has 0 aliphatic heterocycles. The Balaban J connectivity index is 1.24. The molecule has 178 valence electrons. The van der Waals surface area contributed by atoms with Gasteiger partial charge < -0.3 is 14.6 Å². The predicted molar refractivity (Wildman–Crippen MR) is 138 cm³/mol. The number of amides is 1. The summed E-state index contributed by atoms with van der Waals surface area (Å²) in [6.07, 6.45) is -0.645. The number of aromatic nitrogens is 3. The summed E-state index contributed by atoms with van der Waals surface area (Å²) in [4.78, 5) is 34.0. The van der Waals surface area contributed by atoms with Crippen LogP contribution in [0.4, 0.5) is 5.69 Å². The molecular weight excluding hydrogens is 484 g/mol. The van der Waals surface area contributed by atoms with Crippen LogP contribution in [0.25, 0.3) is 15.9 Å². The van der Waals surface area contributed by atoms with Gasteiger partial charge in [0.1, 0.15) is 11.5 Å². The van der Waals surface area contributed by atoms with E-state index >= 15 is 0 Å². The number of benzene rings is 2. The van der Waals surface area contributed by atoms with Gasteiger partial charge in [-0.05, 0) is 51.1 Å². The largest absolute Gasteiger partial charge is 0.481 e. The van der Waals surface area contributed by atoms with E-state index in [9.17, 15) is 9.59 Å². The topological polar surface area (TPSA) is 98.7 Å². The number of hydrogen-bond acceptors (Lipinski definition) is 8. The zero-order valence-electron chi connectivity index (χ0n) is 19.3. The molecule has 1 N–H and O–H groups in total. The highest BCUT2D eigenvalue weighted by Crippen LogP contribution is 2.32. The van der Waals surface area contributed by atoms with E-state index in [4.69, 9.17) is 9.26 Å². The maximum absolute atomic E-state index is 12.6. The lowest BCUT2D eigenvalue weighted by Crippen LogP contribution is -2.30. The van der Waals surface area contributed by atoms with Crippen molar-refractivity contribution in [1.82, 2.24) is 14.5 Å². The predicted octanol–water partition coefficient (Wildman–Crippen LogP) is 5.21. The molecule has 8 nitrogen and oxygen atoms in total. The molecule has 0 fully saturated rings. The van der Waals surface area contributed by atoms with Crippen LogP contribution in [-0.4, -0.2) is 26.6 Å². The summed E-state index contributed by atoms with van der Waals surface area (Å²) < 4.78 is 14.1. The Morgan fingerprint density at radius 1 is 1.14 bits per heavy atom. The van der Waals surface area contributed by atoms with Crippen LogP contribution in [0.1, 0.15) is 23.9 Å². The first kappa shape index (κ1) is 23.1. The number of anilines is 1. The van der Waals surface area contributed by atoms with E-state index in [1.165, 1.54) is 33.7 Å². The Morgan fingerprint density at radius 3 is 2.74 bits per heavy atom. The SMILES string of the molecule is Cc1ccc(OC(C)C(=O)Nc2ccc3nc(SCc4cc(=O)n5oc(C)cc5n4)sc3c2)cc1. The Kier molecular flexibility index (Phi) is 6.31. The highest BCUT2D eigenvalue weighted by molar-refractivity contribution is 8.00. The molecule has 3 aromatic heterocycles. The average molecular weight is 507 g/mol.